The fourth-order valence-electron chi connectivity index (χ4n) is 5.46. The summed E-state index contributed by atoms with van der Waals surface area (Å²) in [6, 6.07) is 18.8. The van der Waals surface area contributed by atoms with Gasteiger partial charge in [0.2, 0.25) is 0 Å². The van der Waals surface area contributed by atoms with Crippen LogP contribution in [0.1, 0.15) is 42.2 Å². The Balaban J connectivity index is 1.43. The fourth-order valence-corrected chi connectivity index (χ4v) is 5.46. The number of amides is 1. The second kappa shape index (κ2) is 11.9. The summed E-state index contributed by atoms with van der Waals surface area (Å²) in [4.78, 5) is 42.2. The van der Waals surface area contributed by atoms with E-state index in [9.17, 15) is 23.2 Å². The van der Waals surface area contributed by atoms with E-state index in [0.717, 1.165) is 5.69 Å². The Labute approximate surface area is 236 Å². The number of anilines is 1. The number of aryl methyl sites for hydroxylation is 1. The van der Waals surface area contributed by atoms with Crippen LogP contribution in [0.2, 0.25) is 0 Å². The molecule has 1 fully saturated rings. The summed E-state index contributed by atoms with van der Waals surface area (Å²) in [7, 11) is 0. The molecule has 1 amide bonds. The number of unbranched alkanes of at least 4 members (excludes halogenated alkanes) is 1. The fraction of sp³-hybridized carbons (Fsp3) is 0.281. The molecular weight excluding hydrogens is 528 g/mol. The van der Waals surface area contributed by atoms with Gasteiger partial charge in [0.15, 0.2) is 0 Å². The smallest absolute Gasteiger partial charge is 0.303 e. The molecule has 5 rings (SSSR count). The number of pyridine rings is 1. The maximum absolute atomic E-state index is 13.7. The van der Waals surface area contributed by atoms with E-state index in [0.29, 0.717) is 66.6 Å². The minimum absolute atomic E-state index is 0.0274. The number of halogens is 2. The first kappa shape index (κ1) is 28.0. The van der Waals surface area contributed by atoms with Crippen molar-refractivity contribution in [1.29, 1.82) is 0 Å². The Morgan fingerprint density at radius 3 is 2.17 bits per heavy atom. The Hall–Kier alpha value is -4.53. The Kier molecular flexibility index (Phi) is 8.14. The molecule has 0 radical (unpaired) electrons. The van der Waals surface area contributed by atoms with Gasteiger partial charge >= 0.3 is 5.97 Å². The number of aliphatic carboxylic acids is 1. The van der Waals surface area contributed by atoms with Crippen molar-refractivity contribution in [1.82, 2.24) is 9.47 Å². The molecule has 1 aliphatic heterocycles. The van der Waals surface area contributed by atoms with Gasteiger partial charge < -0.3 is 14.9 Å². The SMILES string of the molecule is CC1CN(c2ccc(F)cc2)CCN1C(=O)c1ccc2c(=O)n(-c3ccc(F)cc3)c(CCCCC(=O)O)cc2c1. The number of hydrogen-bond acceptors (Lipinski definition) is 4. The molecule has 1 aromatic heterocycles. The Morgan fingerprint density at radius 1 is 0.878 bits per heavy atom. The summed E-state index contributed by atoms with van der Waals surface area (Å²) in [5.41, 5.74) is 2.26. The lowest BCUT2D eigenvalue weighted by molar-refractivity contribution is -0.137. The van der Waals surface area contributed by atoms with Gasteiger partial charge in [0, 0.05) is 60.1 Å². The number of aromatic nitrogens is 1. The lowest BCUT2D eigenvalue weighted by Gasteiger charge is -2.41. The maximum Gasteiger partial charge on any atom is 0.303 e. The zero-order valence-electron chi connectivity index (χ0n) is 22.7. The standard InChI is InChI=1S/C32H31F2N3O4/c1-21-20-35(26-11-7-24(33)8-12-26)16-17-36(21)31(40)22-6-15-29-23(18-22)19-28(4-2-3-5-30(38)39)37(32(29)41)27-13-9-25(34)10-14-27/h6-15,18-19,21H,2-5,16-17,20H2,1H3,(H,38,39). The van der Waals surface area contributed by atoms with Crippen LogP contribution in [0.4, 0.5) is 14.5 Å². The minimum Gasteiger partial charge on any atom is -0.481 e. The number of benzene rings is 3. The zero-order valence-corrected chi connectivity index (χ0v) is 22.7. The number of nitrogens with zero attached hydrogens (tertiary/aromatic N) is 3. The number of carboxylic acid groups (broad SMARTS) is 1. The molecule has 212 valence electrons. The molecule has 2 heterocycles. The van der Waals surface area contributed by atoms with Crippen LogP contribution in [-0.2, 0) is 11.2 Å². The van der Waals surface area contributed by atoms with Crippen LogP contribution < -0.4 is 10.5 Å². The number of carbonyl (C=O) groups excluding carboxylic acids is 1. The van der Waals surface area contributed by atoms with Gasteiger partial charge in [-0.2, -0.15) is 0 Å². The van der Waals surface area contributed by atoms with E-state index in [1.54, 1.807) is 30.3 Å². The summed E-state index contributed by atoms with van der Waals surface area (Å²) < 4.78 is 28.5. The molecule has 0 aliphatic carbocycles. The first-order valence-electron chi connectivity index (χ1n) is 13.7. The molecule has 0 spiro atoms. The van der Waals surface area contributed by atoms with Gasteiger partial charge in [-0.15, -0.1) is 0 Å². The largest absolute Gasteiger partial charge is 0.481 e. The van der Waals surface area contributed by atoms with Crippen molar-refractivity contribution in [3.8, 4) is 5.69 Å². The van der Waals surface area contributed by atoms with Gasteiger partial charge in [-0.1, -0.05) is 0 Å². The summed E-state index contributed by atoms with van der Waals surface area (Å²) in [5.74, 6) is -1.72. The molecule has 3 aromatic carbocycles. The second-order valence-corrected chi connectivity index (χ2v) is 10.4. The predicted molar refractivity (Wildman–Crippen MR) is 154 cm³/mol. The quantitative estimate of drug-likeness (QED) is 0.292. The molecule has 41 heavy (non-hydrogen) atoms. The van der Waals surface area contributed by atoms with Gasteiger partial charge in [-0.05, 0) is 104 Å². The number of carboxylic acids is 1. The number of hydrogen-bond donors (Lipinski definition) is 1. The second-order valence-electron chi connectivity index (χ2n) is 10.4. The summed E-state index contributed by atoms with van der Waals surface area (Å²) >= 11 is 0. The van der Waals surface area contributed by atoms with Crippen molar-refractivity contribution in [2.24, 2.45) is 0 Å². The lowest BCUT2D eigenvalue weighted by Crippen LogP contribution is -2.54. The summed E-state index contributed by atoms with van der Waals surface area (Å²) in [6.45, 7) is 3.69. The van der Waals surface area contributed by atoms with E-state index >= 15 is 0 Å². The van der Waals surface area contributed by atoms with E-state index in [1.807, 2.05) is 17.9 Å². The molecule has 9 heteroatoms. The van der Waals surface area contributed by atoms with Crippen molar-refractivity contribution in [2.75, 3.05) is 24.5 Å². The first-order valence-corrected chi connectivity index (χ1v) is 13.7. The van der Waals surface area contributed by atoms with E-state index in [4.69, 9.17) is 5.11 Å². The first-order chi connectivity index (χ1) is 19.7. The van der Waals surface area contributed by atoms with Gasteiger partial charge in [0.05, 0.1) is 0 Å². The highest BCUT2D eigenvalue weighted by Gasteiger charge is 2.28. The molecule has 0 saturated carbocycles. The van der Waals surface area contributed by atoms with Crippen molar-refractivity contribution in [2.45, 2.75) is 38.6 Å². The van der Waals surface area contributed by atoms with Crippen LogP contribution in [-0.4, -0.2) is 52.1 Å². The van der Waals surface area contributed by atoms with Crippen molar-refractivity contribution >= 4 is 28.3 Å². The number of rotatable bonds is 8. The van der Waals surface area contributed by atoms with Crippen LogP contribution in [0.5, 0.6) is 0 Å². The number of fused-ring (bicyclic) bond motifs is 1. The van der Waals surface area contributed by atoms with E-state index in [1.165, 1.54) is 41.0 Å². The third-order valence-corrected chi connectivity index (χ3v) is 7.58. The third-order valence-electron chi connectivity index (χ3n) is 7.58. The van der Waals surface area contributed by atoms with Crippen molar-refractivity contribution in [3.63, 3.8) is 0 Å². The normalized spacial score (nSPS) is 15.3. The summed E-state index contributed by atoms with van der Waals surface area (Å²) in [6.07, 6.45) is 1.47. The van der Waals surface area contributed by atoms with Gasteiger partial charge in [-0.25, -0.2) is 8.78 Å². The highest BCUT2D eigenvalue weighted by Crippen LogP contribution is 2.24. The Morgan fingerprint density at radius 2 is 1.54 bits per heavy atom. The molecule has 0 bridgehead atoms. The molecule has 1 atom stereocenters. The van der Waals surface area contributed by atoms with Gasteiger partial charge in [-0.3, -0.25) is 19.0 Å². The van der Waals surface area contributed by atoms with Crippen molar-refractivity contribution in [3.05, 3.63) is 106 Å². The minimum atomic E-state index is -0.879. The van der Waals surface area contributed by atoms with Crippen molar-refractivity contribution < 1.29 is 23.5 Å². The van der Waals surface area contributed by atoms with Crippen LogP contribution in [0.3, 0.4) is 0 Å². The highest BCUT2D eigenvalue weighted by atomic mass is 19.1. The van der Waals surface area contributed by atoms with Crippen LogP contribution >= 0.6 is 0 Å². The van der Waals surface area contributed by atoms with Gasteiger partial charge in [0.1, 0.15) is 11.6 Å². The van der Waals surface area contributed by atoms with Crippen LogP contribution in [0.25, 0.3) is 16.5 Å². The number of carbonyl (C=O) groups is 2. The number of piperazine rings is 1. The molecule has 1 N–H and O–H groups in total. The average molecular weight is 560 g/mol. The van der Waals surface area contributed by atoms with Crippen LogP contribution in [0.15, 0.2) is 77.6 Å². The Bertz CT molecular complexity index is 1630. The average Bonchev–Trinajstić information content (AvgIpc) is 2.96. The monoisotopic (exact) mass is 559 g/mol. The zero-order chi connectivity index (χ0) is 29.1. The molecule has 1 unspecified atom stereocenters. The molecular formula is C32H31F2N3O4. The topological polar surface area (TPSA) is 82.9 Å². The molecule has 4 aromatic rings. The van der Waals surface area contributed by atoms with Crippen LogP contribution in [0, 0.1) is 11.6 Å². The third kappa shape index (κ3) is 6.14. The molecule has 7 nitrogen and oxygen atoms in total. The van der Waals surface area contributed by atoms with E-state index in [-0.39, 0.29) is 29.7 Å². The van der Waals surface area contributed by atoms with Gasteiger partial charge in [0.25, 0.3) is 11.5 Å². The van der Waals surface area contributed by atoms with E-state index < -0.39 is 11.8 Å². The molecule has 1 saturated heterocycles. The summed E-state index contributed by atoms with van der Waals surface area (Å²) in [5, 5.41) is 10.0. The maximum atomic E-state index is 13.7. The molecule has 1 aliphatic rings. The predicted octanol–water partition coefficient (Wildman–Crippen LogP) is 5.42. The highest BCUT2D eigenvalue weighted by molar-refractivity contribution is 5.99. The van der Waals surface area contributed by atoms with E-state index in [2.05, 4.69) is 4.90 Å². The lowest BCUT2D eigenvalue weighted by atomic mass is 10.0.